The minimum Gasteiger partial charge on any atom is -0.337 e. The van der Waals surface area contributed by atoms with Crippen molar-refractivity contribution in [1.29, 1.82) is 0 Å². The fourth-order valence-corrected chi connectivity index (χ4v) is 2.71. The molecule has 0 aliphatic carbocycles. The van der Waals surface area contributed by atoms with Crippen molar-refractivity contribution in [3.63, 3.8) is 0 Å². The molecule has 8 nitrogen and oxygen atoms in total. The van der Waals surface area contributed by atoms with Gasteiger partial charge in [0.1, 0.15) is 18.7 Å². The number of amides is 3. The van der Waals surface area contributed by atoms with Gasteiger partial charge in [-0.15, -0.1) is 0 Å². The Balaban J connectivity index is 1.68. The van der Waals surface area contributed by atoms with Crippen LogP contribution in [-0.4, -0.2) is 51.9 Å². The molecule has 2 heterocycles. The second-order valence-corrected chi connectivity index (χ2v) is 5.96. The molecule has 8 heteroatoms. The highest BCUT2D eigenvalue weighted by atomic mass is 16.2. The molecule has 1 aliphatic rings. The Morgan fingerprint density at radius 2 is 2.04 bits per heavy atom. The zero-order valence-electron chi connectivity index (χ0n) is 13.8. The number of imide groups is 1. The van der Waals surface area contributed by atoms with Gasteiger partial charge in [-0.2, -0.15) is 5.10 Å². The molecule has 2 aromatic rings. The maximum absolute atomic E-state index is 11.9. The van der Waals surface area contributed by atoms with Crippen molar-refractivity contribution >= 4 is 11.9 Å². The Bertz CT molecular complexity index is 697. The van der Waals surface area contributed by atoms with E-state index in [0.29, 0.717) is 19.6 Å². The number of hydrogen-bond acceptors (Lipinski definition) is 4. The van der Waals surface area contributed by atoms with E-state index in [-0.39, 0.29) is 18.0 Å². The molecule has 126 valence electrons. The summed E-state index contributed by atoms with van der Waals surface area (Å²) in [6.07, 6.45) is 3.51. The highest BCUT2D eigenvalue weighted by molar-refractivity contribution is 5.96. The van der Waals surface area contributed by atoms with Gasteiger partial charge in [0.15, 0.2) is 6.67 Å². The van der Waals surface area contributed by atoms with E-state index in [1.807, 2.05) is 31.3 Å². The molecular formula is C16H21N6O2+. The lowest BCUT2D eigenvalue weighted by atomic mass is 10.1. The van der Waals surface area contributed by atoms with E-state index >= 15 is 0 Å². The van der Waals surface area contributed by atoms with E-state index in [0.717, 1.165) is 16.2 Å². The zero-order valence-corrected chi connectivity index (χ0v) is 13.8. The summed E-state index contributed by atoms with van der Waals surface area (Å²) in [6.45, 7) is 2.84. The first-order valence-corrected chi connectivity index (χ1v) is 7.91. The zero-order chi connectivity index (χ0) is 17.1. The number of carbonyl (C=O) groups excluding carboxylic acids is 2. The largest absolute Gasteiger partial charge is 0.337 e. The molecule has 1 aromatic carbocycles. The van der Waals surface area contributed by atoms with Crippen LogP contribution in [0.2, 0.25) is 0 Å². The van der Waals surface area contributed by atoms with Crippen LogP contribution in [0.15, 0.2) is 36.9 Å². The van der Waals surface area contributed by atoms with Crippen molar-refractivity contribution in [2.24, 2.45) is 0 Å². The van der Waals surface area contributed by atoms with E-state index in [4.69, 9.17) is 0 Å². The van der Waals surface area contributed by atoms with Crippen molar-refractivity contribution < 1.29 is 14.5 Å². The van der Waals surface area contributed by atoms with Gasteiger partial charge in [0.2, 0.25) is 5.91 Å². The number of aromatic nitrogens is 3. The molecule has 0 saturated carbocycles. The number of urea groups is 1. The topological polar surface area (TPSA) is 84.6 Å². The molecule has 1 unspecified atom stereocenters. The van der Waals surface area contributed by atoms with Crippen LogP contribution in [0.3, 0.4) is 0 Å². The molecule has 3 amide bonds. The number of benzene rings is 1. The Kier molecular flexibility index (Phi) is 4.57. The molecule has 0 bridgehead atoms. The lowest BCUT2D eigenvalue weighted by Crippen LogP contribution is -3.11. The van der Waals surface area contributed by atoms with Crippen molar-refractivity contribution in [1.82, 2.24) is 25.0 Å². The fourth-order valence-electron chi connectivity index (χ4n) is 2.71. The number of nitrogens with zero attached hydrogens (tertiary/aromatic N) is 4. The van der Waals surface area contributed by atoms with Crippen LogP contribution in [0.4, 0.5) is 4.79 Å². The summed E-state index contributed by atoms with van der Waals surface area (Å²) in [7, 11) is 1.98. The highest BCUT2D eigenvalue weighted by Gasteiger charge is 2.29. The molecule has 1 aliphatic heterocycles. The van der Waals surface area contributed by atoms with Gasteiger partial charge in [-0.1, -0.05) is 12.1 Å². The van der Waals surface area contributed by atoms with Crippen LogP contribution >= 0.6 is 0 Å². The molecule has 2 atom stereocenters. The van der Waals surface area contributed by atoms with Gasteiger partial charge in [-0.05, 0) is 19.1 Å². The summed E-state index contributed by atoms with van der Waals surface area (Å²) in [5, 5.41) is 6.81. The van der Waals surface area contributed by atoms with Gasteiger partial charge in [0.25, 0.3) is 0 Å². The van der Waals surface area contributed by atoms with E-state index in [1.165, 1.54) is 11.2 Å². The van der Waals surface area contributed by atoms with E-state index < -0.39 is 0 Å². The lowest BCUT2D eigenvalue weighted by molar-refractivity contribution is -0.917. The minimum absolute atomic E-state index is 0.119. The normalized spacial score (nSPS) is 17.5. The first-order valence-electron chi connectivity index (χ1n) is 7.91. The molecule has 2 N–H and O–H groups in total. The number of nitrogens with one attached hydrogen (secondary N) is 2. The summed E-state index contributed by atoms with van der Waals surface area (Å²) < 4.78 is 1.70. The Labute approximate surface area is 140 Å². The molecule has 0 radical (unpaired) electrons. The van der Waals surface area contributed by atoms with Crippen molar-refractivity contribution in [2.75, 3.05) is 20.3 Å². The molecule has 1 fully saturated rings. The van der Waals surface area contributed by atoms with Gasteiger partial charge in [-0.3, -0.25) is 4.79 Å². The summed E-state index contributed by atoms with van der Waals surface area (Å²) in [5.41, 5.74) is 2.06. The summed E-state index contributed by atoms with van der Waals surface area (Å²) in [4.78, 5) is 30.0. The Morgan fingerprint density at radius 3 is 2.67 bits per heavy atom. The number of quaternary nitrogens is 1. The Hall–Kier alpha value is -2.74. The first kappa shape index (κ1) is 16.1. The van der Waals surface area contributed by atoms with E-state index in [2.05, 4.69) is 22.3 Å². The fraction of sp³-hybridized carbons (Fsp3) is 0.375. The van der Waals surface area contributed by atoms with Crippen LogP contribution in [0.1, 0.15) is 24.9 Å². The van der Waals surface area contributed by atoms with Crippen LogP contribution in [0, 0.1) is 0 Å². The smallest absolute Gasteiger partial charge is 0.328 e. The second-order valence-electron chi connectivity index (χ2n) is 5.96. The third-order valence-corrected chi connectivity index (χ3v) is 4.38. The first-order chi connectivity index (χ1) is 11.6. The summed E-state index contributed by atoms with van der Waals surface area (Å²) >= 11 is 0. The quantitative estimate of drug-likeness (QED) is 0.792. The minimum atomic E-state index is -0.306. The van der Waals surface area contributed by atoms with Gasteiger partial charge >= 0.3 is 6.03 Å². The number of rotatable bonds is 5. The highest BCUT2D eigenvalue weighted by Crippen LogP contribution is 2.13. The average molecular weight is 329 g/mol. The Morgan fingerprint density at radius 1 is 1.29 bits per heavy atom. The van der Waals surface area contributed by atoms with Gasteiger partial charge < -0.3 is 10.2 Å². The monoisotopic (exact) mass is 329 g/mol. The van der Waals surface area contributed by atoms with Crippen LogP contribution in [-0.2, 0) is 4.79 Å². The van der Waals surface area contributed by atoms with Crippen molar-refractivity contribution in [2.45, 2.75) is 19.4 Å². The van der Waals surface area contributed by atoms with Crippen LogP contribution < -0.4 is 10.2 Å². The second kappa shape index (κ2) is 6.79. The summed E-state index contributed by atoms with van der Waals surface area (Å²) in [6, 6.07) is 7.85. The molecule has 24 heavy (non-hydrogen) atoms. The maximum atomic E-state index is 11.9. The molecule has 0 spiro atoms. The van der Waals surface area contributed by atoms with Gasteiger partial charge in [-0.25, -0.2) is 19.4 Å². The SMILES string of the molecule is C[C@H](c1ccc(-n2cncn2)cc1)[NH+](C)CN1C(=O)CCNC1=O. The third-order valence-electron chi connectivity index (χ3n) is 4.38. The predicted octanol–water partition coefficient (Wildman–Crippen LogP) is -0.258. The van der Waals surface area contributed by atoms with Crippen molar-refractivity contribution in [3.8, 4) is 5.69 Å². The van der Waals surface area contributed by atoms with E-state index in [9.17, 15) is 9.59 Å². The van der Waals surface area contributed by atoms with Crippen molar-refractivity contribution in [3.05, 3.63) is 42.5 Å². The summed E-state index contributed by atoms with van der Waals surface area (Å²) in [5.74, 6) is -0.119. The van der Waals surface area contributed by atoms with Gasteiger partial charge in [0, 0.05) is 18.5 Å². The maximum Gasteiger partial charge on any atom is 0.328 e. The average Bonchev–Trinajstić information content (AvgIpc) is 3.12. The van der Waals surface area contributed by atoms with E-state index in [1.54, 1.807) is 11.0 Å². The lowest BCUT2D eigenvalue weighted by Gasteiger charge is -2.30. The third kappa shape index (κ3) is 3.28. The molecule has 1 aromatic heterocycles. The molecule has 1 saturated heterocycles. The molecular weight excluding hydrogens is 308 g/mol. The molecule has 3 rings (SSSR count). The number of carbonyl (C=O) groups is 2. The number of hydrogen-bond donors (Lipinski definition) is 2. The van der Waals surface area contributed by atoms with Crippen LogP contribution in [0.25, 0.3) is 5.69 Å². The van der Waals surface area contributed by atoms with Gasteiger partial charge in [0.05, 0.1) is 12.7 Å². The predicted molar refractivity (Wildman–Crippen MR) is 86.4 cm³/mol. The standard InChI is InChI=1S/C16H20N6O2/c1-12(20(2)11-21-15(23)7-8-18-16(21)24)13-3-5-14(6-4-13)22-10-17-9-19-22/h3-6,9-10,12H,7-8,11H2,1-2H3,(H,18,24)/p+1/t12-/m1/s1. The van der Waals surface area contributed by atoms with Crippen LogP contribution in [0.5, 0.6) is 0 Å².